The van der Waals surface area contributed by atoms with E-state index in [1.165, 1.54) is 24.0 Å². The Bertz CT molecular complexity index is 327. The minimum absolute atomic E-state index is 0.747. The molecule has 0 saturated heterocycles. The van der Waals surface area contributed by atoms with Crippen LogP contribution in [0.15, 0.2) is 18.2 Å². The van der Waals surface area contributed by atoms with Crippen LogP contribution in [0.5, 0.6) is 0 Å². The molecule has 0 aliphatic heterocycles. The first-order valence-electron chi connectivity index (χ1n) is 5.20. The molecule has 2 heteroatoms. The normalized spacial score (nSPS) is 16.2. The van der Waals surface area contributed by atoms with Gasteiger partial charge in [0.25, 0.3) is 0 Å². The molecule has 1 fully saturated rings. The minimum atomic E-state index is 0.747. The summed E-state index contributed by atoms with van der Waals surface area (Å²) in [5.41, 5.74) is 9.65. The molecule has 0 bridgehead atoms. The average molecular weight is 190 g/mol. The van der Waals surface area contributed by atoms with Crippen LogP contribution >= 0.6 is 0 Å². The van der Waals surface area contributed by atoms with Crippen molar-refractivity contribution >= 4 is 5.69 Å². The second kappa shape index (κ2) is 3.62. The molecular weight excluding hydrogens is 172 g/mol. The number of hydrogen-bond acceptors (Lipinski definition) is 2. The zero-order valence-electron chi connectivity index (χ0n) is 8.96. The summed E-state index contributed by atoms with van der Waals surface area (Å²) in [6, 6.07) is 6.45. The Morgan fingerprint density at radius 1 is 1.36 bits per heavy atom. The van der Waals surface area contributed by atoms with Crippen molar-refractivity contribution in [2.75, 3.05) is 19.8 Å². The fourth-order valence-corrected chi connectivity index (χ4v) is 1.84. The lowest BCUT2D eigenvalue weighted by Gasteiger charge is -2.12. The van der Waals surface area contributed by atoms with Crippen LogP contribution in [0, 0.1) is 0 Å². The van der Waals surface area contributed by atoms with Crippen molar-refractivity contribution < 1.29 is 0 Å². The molecule has 0 radical (unpaired) electrons. The van der Waals surface area contributed by atoms with Crippen LogP contribution in [0.2, 0.25) is 0 Å². The molecule has 2 N–H and O–H groups in total. The summed E-state index contributed by atoms with van der Waals surface area (Å²) in [5.74, 6) is 0.747. The maximum atomic E-state index is 5.95. The van der Waals surface area contributed by atoms with Gasteiger partial charge in [-0.3, -0.25) is 0 Å². The van der Waals surface area contributed by atoms with E-state index in [0.29, 0.717) is 0 Å². The van der Waals surface area contributed by atoms with Crippen molar-refractivity contribution in [2.45, 2.75) is 25.3 Å². The summed E-state index contributed by atoms with van der Waals surface area (Å²) in [5, 5.41) is 0. The highest BCUT2D eigenvalue weighted by Gasteiger charge is 2.25. The molecule has 0 unspecified atom stereocenters. The number of nitrogens with two attached hydrogens (primary N) is 1. The molecule has 1 saturated carbocycles. The van der Waals surface area contributed by atoms with Gasteiger partial charge in [-0.05, 0) is 50.0 Å². The highest BCUT2D eigenvalue weighted by molar-refractivity contribution is 5.51. The number of nitrogen functional groups attached to an aromatic ring is 1. The van der Waals surface area contributed by atoms with Gasteiger partial charge in [0.1, 0.15) is 0 Å². The predicted molar refractivity (Wildman–Crippen MR) is 60.2 cm³/mol. The molecule has 0 aromatic heterocycles. The minimum Gasteiger partial charge on any atom is -0.398 e. The van der Waals surface area contributed by atoms with Gasteiger partial charge in [-0.1, -0.05) is 12.1 Å². The molecule has 0 heterocycles. The molecule has 0 atom stereocenters. The zero-order valence-corrected chi connectivity index (χ0v) is 8.96. The largest absolute Gasteiger partial charge is 0.398 e. The molecule has 1 aliphatic rings. The van der Waals surface area contributed by atoms with Crippen LogP contribution in [0.1, 0.15) is 29.9 Å². The van der Waals surface area contributed by atoms with Crippen LogP contribution in [-0.2, 0) is 6.54 Å². The summed E-state index contributed by atoms with van der Waals surface area (Å²) in [4.78, 5) is 2.18. The molecule has 2 rings (SSSR count). The Morgan fingerprint density at radius 2 is 2.07 bits per heavy atom. The van der Waals surface area contributed by atoms with Gasteiger partial charge in [-0.15, -0.1) is 0 Å². The third kappa shape index (κ3) is 2.07. The van der Waals surface area contributed by atoms with Gasteiger partial charge < -0.3 is 10.6 Å². The Balaban J connectivity index is 2.21. The number of benzene rings is 1. The van der Waals surface area contributed by atoms with Crippen molar-refractivity contribution in [1.29, 1.82) is 0 Å². The van der Waals surface area contributed by atoms with Gasteiger partial charge in [-0.2, -0.15) is 0 Å². The van der Waals surface area contributed by atoms with E-state index in [1.807, 2.05) is 6.07 Å². The first kappa shape index (κ1) is 9.53. The monoisotopic (exact) mass is 190 g/mol. The molecule has 1 aromatic rings. The van der Waals surface area contributed by atoms with E-state index in [1.54, 1.807) is 0 Å². The average Bonchev–Trinajstić information content (AvgIpc) is 2.90. The molecule has 76 valence electrons. The summed E-state index contributed by atoms with van der Waals surface area (Å²) in [7, 11) is 4.18. The van der Waals surface area contributed by atoms with E-state index < -0.39 is 0 Å². The number of rotatable bonds is 3. The van der Waals surface area contributed by atoms with Crippen molar-refractivity contribution in [3.8, 4) is 0 Å². The van der Waals surface area contributed by atoms with E-state index in [9.17, 15) is 0 Å². The SMILES string of the molecule is CN(C)Cc1ccc(N)c(C2CC2)c1. The summed E-state index contributed by atoms with van der Waals surface area (Å²) in [6.45, 7) is 1.000. The van der Waals surface area contributed by atoms with Gasteiger partial charge in [0.2, 0.25) is 0 Å². The first-order chi connectivity index (χ1) is 6.66. The fraction of sp³-hybridized carbons (Fsp3) is 0.500. The van der Waals surface area contributed by atoms with Gasteiger partial charge >= 0.3 is 0 Å². The van der Waals surface area contributed by atoms with Gasteiger partial charge in [-0.25, -0.2) is 0 Å². The highest BCUT2D eigenvalue weighted by atomic mass is 15.0. The van der Waals surface area contributed by atoms with Crippen molar-refractivity contribution in [3.63, 3.8) is 0 Å². The van der Waals surface area contributed by atoms with E-state index in [0.717, 1.165) is 18.2 Å². The third-order valence-electron chi connectivity index (χ3n) is 2.67. The second-order valence-corrected chi connectivity index (χ2v) is 4.48. The maximum absolute atomic E-state index is 5.95. The number of nitrogens with zero attached hydrogens (tertiary/aromatic N) is 1. The standard InChI is InChI=1S/C12H18N2/c1-14(2)8-9-3-6-12(13)11(7-9)10-4-5-10/h3,6-7,10H,4-5,8,13H2,1-2H3. The van der Waals surface area contributed by atoms with E-state index >= 15 is 0 Å². The fourth-order valence-electron chi connectivity index (χ4n) is 1.84. The van der Waals surface area contributed by atoms with E-state index in [-0.39, 0.29) is 0 Å². The second-order valence-electron chi connectivity index (χ2n) is 4.48. The van der Waals surface area contributed by atoms with Gasteiger partial charge in [0.05, 0.1) is 0 Å². The Kier molecular flexibility index (Phi) is 2.46. The Morgan fingerprint density at radius 3 is 2.64 bits per heavy atom. The molecular formula is C12H18N2. The lowest BCUT2D eigenvalue weighted by atomic mass is 10.0. The highest BCUT2D eigenvalue weighted by Crippen LogP contribution is 2.42. The van der Waals surface area contributed by atoms with Crippen LogP contribution in [-0.4, -0.2) is 19.0 Å². The maximum Gasteiger partial charge on any atom is 0.0349 e. The Hall–Kier alpha value is -1.02. The molecule has 0 spiro atoms. The summed E-state index contributed by atoms with van der Waals surface area (Å²) >= 11 is 0. The molecule has 1 aliphatic carbocycles. The summed E-state index contributed by atoms with van der Waals surface area (Å²) < 4.78 is 0. The zero-order chi connectivity index (χ0) is 10.1. The molecule has 2 nitrogen and oxygen atoms in total. The number of hydrogen-bond donors (Lipinski definition) is 1. The van der Waals surface area contributed by atoms with Crippen molar-refractivity contribution in [1.82, 2.24) is 4.90 Å². The van der Waals surface area contributed by atoms with Crippen LogP contribution in [0.4, 0.5) is 5.69 Å². The lowest BCUT2D eigenvalue weighted by Crippen LogP contribution is -2.11. The van der Waals surface area contributed by atoms with E-state index in [2.05, 4.69) is 31.1 Å². The third-order valence-corrected chi connectivity index (χ3v) is 2.67. The van der Waals surface area contributed by atoms with Crippen molar-refractivity contribution in [2.24, 2.45) is 0 Å². The number of anilines is 1. The first-order valence-corrected chi connectivity index (χ1v) is 5.20. The molecule has 14 heavy (non-hydrogen) atoms. The van der Waals surface area contributed by atoms with Gasteiger partial charge in [0.15, 0.2) is 0 Å². The van der Waals surface area contributed by atoms with Crippen LogP contribution in [0.3, 0.4) is 0 Å². The van der Waals surface area contributed by atoms with Gasteiger partial charge in [0, 0.05) is 12.2 Å². The topological polar surface area (TPSA) is 29.3 Å². The Labute approximate surface area is 85.7 Å². The van der Waals surface area contributed by atoms with Crippen LogP contribution < -0.4 is 5.73 Å². The molecule has 0 amide bonds. The van der Waals surface area contributed by atoms with Crippen LogP contribution in [0.25, 0.3) is 0 Å². The molecule has 1 aromatic carbocycles. The quantitative estimate of drug-likeness (QED) is 0.740. The predicted octanol–water partition coefficient (Wildman–Crippen LogP) is 2.21. The van der Waals surface area contributed by atoms with Crippen molar-refractivity contribution in [3.05, 3.63) is 29.3 Å². The van der Waals surface area contributed by atoms with E-state index in [4.69, 9.17) is 5.73 Å². The summed E-state index contributed by atoms with van der Waals surface area (Å²) in [6.07, 6.45) is 2.63. The smallest absolute Gasteiger partial charge is 0.0349 e. The lowest BCUT2D eigenvalue weighted by molar-refractivity contribution is 0.402.